The molecule has 1 aromatic rings. The largest absolute Gasteiger partial charge is 0.327 e. The Hall–Kier alpha value is -0.790. The smallest absolute Gasteiger partial charge is 0.0409 e. The molecule has 0 aromatic heterocycles. The van der Waals surface area contributed by atoms with Crippen LogP contribution >= 0.6 is 11.6 Å². The van der Waals surface area contributed by atoms with Gasteiger partial charge in [0.2, 0.25) is 0 Å². The van der Waals surface area contributed by atoms with Gasteiger partial charge in [0.05, 0.1) is 0 Å². The second-order valence-corrected chi connectivity index (χ2v) is 4.17. The monoisotopic (exact) mass is 207 g/mol. The summed E-state index contributed by atoms with van der Waals surface area (Å²) in [5.41, 5.74) is 11.1. The average Bonchev–Trinajstić information content (AvgIpc) is 2.18. The van der Waals surface area contributed by atoms with Crippen LogP contribution in [0.3, 0.4) is 0 Å². The summed E-state index contributed by atoms with van der Waals surface area (Å²) < 4.78 is 0. The molecule has 2 N–H and O–H groups in total. The Morgan fingerprint density at radius 2 is 2.14 bits per heavy atom. The van der Waals surface area contributed by atoms with E-state index < -0.39 is 0 Å². The SMILES string of the molecule is CC1=C(CN)CCc2cc(Cl)ccc21. The molecule has 2 heteroatoms. The first kappa shape index (κ1) is 9.75. The lowest BCUT2D eigenvalue weighted by Gasteiger charge is -2.20. The fourth-order valence-electron chi connectivity index (χ4n) is 2.05. The molecule has 0 aliphatic heterocycles. The molecule has 14 heavy (non-hydrogen) atoms. The average molecular weight is 208 g/mol. The van der Waals surface area contributed by atoms with Crippen molar-refractivity contribution in [1.82, 2.24) is 0 Å². The topological polar surface area (TPSA) is 26.0 Å². The summed E-state index contributed by atoms with van der Waals surface area (Å²) in [6.45, 7) is 2.82. The molecule has 0 amide bonds. The van der Waals surface area contributed by atoms with Crippen LogP contribution in [0.1, 0.15) is 24.5 Å². The van der Waals surface area contributed by atoms with Crippen molar-refractivity contribution in [3.63, 3.8) is 0 Å². The van der Waals surface area contributed by atoms with E-state index in [1.54, 1.807) is 0 Å². The number of allylic oxidation sites excluding steroid dienone is 1. The molecule has 0 saturated carbocycles. The summed E-state index contributed by atoms with van der Waals surface area (Å²) in [6, 6.07) is 6.11. The van der Waals surface area contributed by atoms with Crippen molar-refractivity contribution >= 4 is 17.2 Å². The summed E-state index contributed by atoms with van der Waals surface area (Å²) in [5.74, 6) is 0. The molecule has 0 unspecified atom stereocenters. The summed E-state index contributed by atoms with van der Waals surface area (Å²) in [5, 5.41) is 0.827. The normalized spacial score (nSPS) is 15.6. The van der Waals surface area contributed by atoms with Gasteiger partial charge in [-0.05, 0) is 48.6 Å². The highest BCUT2D eigenvalue weighted by Gasteiger charge is 2.14. The van der Waals surface area contributed by atoms with E-state index in [0.29, 0.717) is 6.54 Å². The van der Waals surface area contributed by atoms with Gasteiger partial charge >= 0.3 is 0 Å². The zero-order valence-corrected chi connectivity index (χ0v) is 9.06. The van der Waals surface area contributed by atoms with Gasteiger partial charge in [0.25, 0.3) is 0 Å². The van der Waals surface area contributed by atoms with Crippen LogP contribution in [0.4, 0.5) is 0 Å². The molecule has 2 rings (SSSR count). The molecule has 1 aliphatic carbocycles. The predicted molar refractivity (Wildman–Crippen MR) is 61.4 cm³/mol. The lowest BCUT2D eigenvalue weighted by molar-refractivity contribution is 0.881. The second kappa shape index (κ2) is 3.76. The third-order valence-corrected chi connectivity index (χ3v) is 3.18. The molecule has 0 bridgehead atoms. The number of hydrogen-bond donors (Lipinski definition) is 1. The number of rotatable bonds is 1. The van der Waals surface area contributed by atoms with E-state index in [9.17, 15) is 0 Å². The molecular weight excluding hydrogens is 194 g/mol. The zero-order chi connectivity index (χ0) is 10.1. The van der Waals surface area contributed by atoms with Crippen LogP contribution in [-0.2, 0) is 6.42 Å². The zero-order valence-electron chi connectivity index (χ0n) is 8.31. The van der Waals surface area contributed by atoms with Crippen molar-refractivity contribution in [1.29, 1.82) is 0 Å². The highest BCUT2D eigenvalue weighted by molar-refractivity contribution is 6.30. The molecule has 74 valence electrons. The van der Waals surface area contributed by atoms with Crippen molar-refractivity contribution in [2.45, 2.75) is 19.8 Å². The maximum absolute atomic E-state index is 5.95. The molecule has 0 fully saturated rings. The van der Waals surface area contributed by atoms with Crippen LogP contribution in [0.15, 0.2) is 23.8 Å². The lowest BCUT2D eigenvalue weighted by Crippen LogP contribution is -2.11. The van der Waals surface area contributed by atoms with Gasteiger partial charge in [-0.25, -0.2) is 0 Å². The number of hydrogen-bond acceptors (Lipinski definition) is 1. The molecule has 0 saturated heterocycles. The molecule has 1 aromatic carbocycles. The molecule has 1 nitrogen and oxygen atoms in total. The van der Waals surface area contributed by atoms with Crippen molar-refractivity contribution in [3.05, 3.63) is 39.9 Å². The van der Waals surface area contributed by atoms with Crippen LogP contribution in [0.2, 0.25) is 5.02 Å². The number of aryl methyl sites for hydroxylation is 1. The summed E-state index contributed by atoms with van der Waals surface area (Å²) >= 11 is 5.95. The molecule has 0 radical (unpaired) electrons. The van der Waals surface area contributed by atoms with E-state index in [0.717, 1.165) is 17.9 Å². The Kier molecular flexibility index (Phi) is 2.62. The Morgan fingerprint density at radius 1 is 1.36 bits per heavy atom. The van der Waals surface area contributed by atoms with Crippen molar-refractivity contribution in [3.8, 4) is 0 Å². The minimum atomic E-state index is 0.675. The van der Waals surface area contributed by atoms with Crippen LogP contribution < -0.4 is 5.73 Å². The maximum Gasteiger partial charge on any atom is 0.0409 e. The van der Waals surface area contributed by atoms with Crippen LogP contribution in [0.25, 0.3) is 5.57 Å². The Balaban J connectivity index is 2.52. The van der Waals surface area contributed by atoms with Gasteiger partial charge in [-0.15, -0.1) is 0 Å². The minimum Gasteiger partial charge on any atom is -0.327 e. The quantitative estimate of drug-likeness (QED) is 0.753. The van der Waals surface area contributed by atoms with Gasteiger partial charge in [0, 0.05) is 11.6 Å². The first-order valence-electron chi connectivity index (χ1n) is 4.90. The molecule has 0 heterocycles. The Morgan fingerprint density at radius 3 is 2.86 bits per heavy atom. The standard InChI is InChI=1S/C12H14ClN/c1-8-10(7-14)3-2-9-6-11(13)4-5-12(8)9/h4-6H,2-3,7,14H2,1H3. The van der Waals surface area contributed by atoms with Crippen LogP contribution in [0.5, 0.6) is 0 Å². The Labute approximate surface area is 89.6 Å². The molecular formula is C12H14ClN. The van der Waals surface area contributed by atoms with Crippen molar-refractivity contribution in [2.75, 3.05) is 6.54 Å². The van der Waals surface area contributed by atoms with Gasteiger partial charge < -0.3 is 5.73 Å². The highest BCUT2D eigenvalue weighted by Crippen LogP contribution is 2.31. The first-order valence-corrected chi connectivity index (χ1v) is 5.27. The number of fused-ring (bicyclic) bond motifs is 1. The fourth-order valence-corrected chi connectivity index (χ4v) is 2.25. The summed E-state index contributed by atoms with van der Waals surface area (Å²) in [7, 11) is 0. The summed E-state index contributed by atoms with van der Waals surface area (Å²) in [4.78, 5) is 0. The van der Waals surface area contributed by atoms with Gasteiger partial charge in [-0.1, -0.05) is 23.2 Å². The minimum absolute atomic E-state index is 0.675. The lowest BCUT2D eigenvalue weighted by atomic mass is 9.86. The molecule has 0 spiro atoms. The first-order chi connectivity index (χ1) is 6.72. The third-order valence-electron chi connectivity index (χ3n) is 2.94. The van der Waals surface area contributed by atoms with E-state index >= 15 is 0 Å². The molecule has 0 atom stereocenters. The van der Waals surface area contributed by atoms with E-state index in [-0.39, 0.29) is 0 Å². The number of nitrogens with two attached hydrogens (primary N) is 1. The molecule has 1 aliphatic rings. The van der Waals surface area contributed by atoms with E-state index in [1.165, 1.54) is 22.3 Å². The predicted octanol–water partition coefficient (Wildman–Crippen LogP) is 3.02. The van der Waals surface area contributed by atoms with Crippen LogP contribution in [-0.4, -0.2) is 6.54 Å². The van der Waals surface area contributed by atoms with E-state index in [2.05, 4.69) is 19.1 Å². The fraction of sp³-hybridized carbons (Fsp3) is 0.333. The third kappa shape index (κ3) is 1.58. The van der Waals surface area contributed by atoms with E-state index in [1.807, 2.05) is 6.07 Å². The number of halogens is 1. The van der Waals surface area contributed by atoms with Crippen molar-refractivity contribution in [2.24, 2.45) is 5.73 Å². The second-order valence-electron chi connectivity index (χ2n) is 3.73. The van der Waals surface area contributed by atoms with Crippen molar-refractivity contribution < 1.29 is 0 Å². The van der Waals surface area contributed by atoms with E-state index in [4.69, 9.17) is 17.3 Å². The van der Waals surface area contributed by atoms with Crippen LogP contribution in [0, 0.1) is 0 Å². The Bertz CT molecular complexity index is 393. The van der Waals surface area contributed by atoms with Gasteiger partial charge in [-0.2, -0.15) is 0 Å². The van der Waals surface area contributed by atoms with Gasteiger partial charge in [-0.3, -0.25) is 0 Å². The maximum atomic E-state index is 5.95. The number of benzene rings is 1. The summed E-state index contributed by atoms with van der Waals surface area (Å²) in [6.07, 6.45) is 2.15. The van der Waals surface area contributed by atoms with Gasteiger partial charge in [0.1, 0.15) is 0 Å². The highest BCUT2D eigenvalue weighted by atomic mass is 35.5. The van der Waals surface area contributed by atoms with Gasteiger partial charge in [0.15, 0.2) is 0 Å².